The molecule has 0 spiro atoms. The van der Waals surface area contributed by atoms with Crippen LogP contribution in [0, 0.1) is 0 Å². The molecule has 2 rings (SSSR count). The minimum atomic E-state index is -1.11. The minimum absolute atomic E-state index is 0.0342. The van der Waals surface area contributed by atoms with Crippen molar-refractivity contribution < 1.29 is 24.5 Å². The second-order valence-electron chi connectivity index (χ2n) is 5.36. The number of hydrogen-bond donors (Lipinski definition) is 2. The van der Waals surface area contributed by atoms with Crippen LogP contribution in [0.5, 0.6) is 0 Å². The molecular weight excluding hydrogens is 320 g/mol. The van der Waals surface area contributed by atoms with Gasteiger partial charge in [-0.25, -0.2) is 9.59 Å². The van der Waals surface area contributed by atoms with E-state index < -0.39 is 11.9 Å². The lowest BCUT2D eigenvalue weighted by atomic mass is 10.1. The molecular formula is C20H18O5. The molecule has 0 aromatic heterocycles. The van der Waals surface area contributed by atoms with Crippen molar-refractivity contribution in [3.8, 4) is 0 Å². The number of benzene rings is 2. The monoisotopic (exact) mass is 338 g/mol. The van der Waals surface area contributed by atoms with Gasteiger partial charge in [0.1, 0.15) is 12.5 Å². The number of hydrogen-bond acceptors (Lipinski definition) is 3. The van der Waals surface area contributed by atoms with Gasteiger partial charge in [-0.3, -0.25) is 0 Å². The molecule has 5 nitrogen and oxygen atoms in total. The van der Waals surface area contributed by atoms with E-state index in [1.165, 1.54) is 0 Å². The van der Waals surface area contributed by atoms with Gasteiger partial charge in [-0.2, -0.15) is 0 Å². The van der Waals surface area contributed by atoms with Crippen molar-refractivity contribution in [1.29, 1.82) is 0 Å². The van der Waals surface area contributed by atoms with Gasteiger partial charge < -0.3 is 14.9 Å². The van der Waals surface area contributed by atoms with E-state index in [9.17, 15) is 19.8 Å². The molecule has 2 aromatic rings. The summed E-state index contributed by atoms with van der Waals surface area (Å²) in [6.07, 6.45) is 2.52. The molecule has 0 aliphatic heterocycles. The lowest BCUT2D eigenvalue weighted by Crippen LogP contribution is -2.06. The Bertz CT molecular complexity index is 709. The molecule has 0 radical (unpaired) electrons. The van der Waals surface area contributed by atoms with Crippen LogP contribution in [0.3, 0.4) is 0 Å². The summed E-state index contributed by atoms with van der Waals surface area (Å²) in [6.45, 7) is 0. The smallest absolute Gasteiger partial charge is 0.335 e. The molecule has 0 saturated heterocycles. The lowest BCUT2D eigenvalue weighted by Gasteiger charge is -2.05. The van der Waals surface area contributed by atoms with Crippen LogP contribution in [-0.4, -0.2) is 22.2 Å². The van der Waals surface area contributed by atoms with Gasteiger partial charge in [-0.15, -0.1) is 0 Å². The fraction of sp³-hybridized carbons (Fsp3) is 0.100. The molecule has 0 aliphatic rings. The van der Waals surface area contributed by atoms with E-state index in [4.69, 9.17) is 4.74 Å². The number of rotatable bonds is 8. The lowest BCUT2D eigenvalue weighted by molar-refractivity contribution is -0.133. The zero-order chi connectivity index (χ0) is 18.1. The Kier molecular flexibility index (Phi) is 6.54. The topological polar surface area (TPSA) is 83.8 Å². The summed E-state index contributed by atoms with van der Waals surface area (Å²) in [7, 11) is 0. The highest BCUT2D eigenvalue weighted by atomic mass is 16.5. The third-order valence-electron chi connectivity index (χ3n) is 3.44. The normalized spacial score (nSPS) is 11.8. The minimum Gasteiger partial charge on any atom is -0.478 e. The number of aliphatic carboxylic acids is 2. The third-order valence-corrected chi connectivity index (χ3v) is 3.44. The van der Waals surface area contributed by atoms with E-state index in [-0.39, 0.29) is 24.0 Å². The maximum Gasteiger partial charge on any atom is 0.335 e. The number of carboxylic acid groups (broad SMARTS) is 2. The van der Waals surface area contributed by atoms with Gasteiger partial charge in [0, 0.05) is 12.8 Å². The van der Waals surface area contributed by atoms with Crippen LogP contribution >= 0.6 is 0 Å². The number of ether oxygens (including phenoxy) is 1. The maximum atomic E-state index is 11.3. The maximum absolute atomic E-state index is 11.3. The van der Waals surface area contributed by atoms with Crippen molar-refractivity contribution in [2.24, 2.45) is 0 Å². The highest BCUT2D eigenvalue weighted by molar-refractivity contribution is 5.87. The first kappa shape index (κ1) is 18.0. The summed E-state index contributed by atoms with van der Waals surface area (Å²) in [5.74, 6) is -2.23. The fourth-order valence-corrected chi connectivity index (χ4v) is 2.17. The molecule has 0 atom stereocenters. The van der Waals surface area contributed by atoms with E-state index in [1.54, 1.807) is 0 Å². The van der Waals surface area contributed by atoms with Gasteiger partial charge in [-0.1, -0.05) is 60.7 Å². The van der Waals surface area contributed by atoms with E-state index in [0.717, 1.165) is 23.7 Å². The molecule has 0 heterocycles. The second-order valence-corrected chi connectivity index (χ2v) is 5.36. The largest absolute Gasteiger partial charge is 0.478 e. The van der Waals surface area contributed by atoms with E-state index >= 15 is 0 Å². The van der Waals surface area contributed by atoms with Crippen LogP contribution in [0.4, 0.5) is 0 Å². The van der Waals surface area contributed by atoms with Crippen molar-refractivity contribution >= 4 is 11.9 Å². The standard InChI is InChI=1S/C20H18O5/c21-19(22)17(11-15-7-3-1-4-8-15)13-25-14-18(20(23)24)12-16-9-5-2-6-10-16/h1-10,13-14H,11-12H2,(H,21,22)(H,23,24). The Labute approximate surface area is 145 Å². The number of carboxylic acids is 2. The van der Waals surface area contributed by atoms with Crippen LogP contribution in [0.15, 0.2) is 84.3 Å². The van der Waals surface area contributed by atoms with E-state index in [0.29, 0.717) is 0 Å². The van der Waals surface area contributed by atoms with Crippen LogP contribution < -0.4 is 0 Å². The molecule has 128 valence electrons. The molecule has 0 bridgehead atoms. The quantitative estimate of drug-likeness (QED) is 0.569. The van der Waals surface area contributed by atoms with Gasteiger partial charge in [0.15, 0.2) is 0 Å². The fourth-order valence-electron chi connectivity index (χ4n) is 2.17. The average Bonchev–Trinajstić information content (AvgIpc) is 2.61. The summed E-state index contributed by atoms with van der Waals surface area (Å²) in [6, 6.07) is 18.2. The first-order chi connectivity index (χ1) is 12.1. The van der Waals surface area contributed by atoms with Crippen molar-refractivity contribution in [3.63, 3.8) is 0 Å². The molecule has 2 aromatic carbocycles. The molecule has 0 saturated carbocycles. The predicted molar refractivity (Wildman–Crippen MR) is 92.8 cm³/mol. The predicted octanol–water partition coefficient (Wildman–Crippen LogP) is 3.43. The molecule has 0 unspecified atom stereocenters. The summed E-state index contributed by atoms with van der Waals surface area (Å²) in [4.78, 5) is 22.6. The third kappa shape index (κ3) is 5.99. The Balaban J connectivity index is 2.10. The van der Waals surface area contributed by atoms with Crippen LogP contribution in [-0.2, 0) is 27.2 Å². The van der Waals surface area contributed by atoms with Gasteiger partial charge in [0.25, 0.3) is 0 Å². The van der Waals surface area contributed by atoms with Crippen LogP contribution in [0.1, 0.15) is 11.1 Å². The van der Waals surface area contributed by atoms with Gasteiger partial charge in [0.2, 0.25) is 0 Å². The Morgan fingerprint density at radius 3 is 1.40 bits per heavy atom. The Morgan fingerprint density at radius 2 is 1.08 bits per heavy atom. The molecule has 0 amide bonds. The zero-order valence-electron chi connectivity index (χ0n) is 13.5. The highest BCUT2D eigenvalue weighted by Gasteiger charge is 2.11. The van der Waals surface area contributed by atoms with Gasteiger partial charge in [0.05, 0.1) is 11.1 Å². The number of carbonyl (C=O) groups is 2. The average molecular weight is 338 g/mol. The summed E-state index contributed by atoms with van der Waals surface area (Å²) in [5.41, 5.74) is 1.72. The SMILES string of the molecule is O=C(O)C(=COC=C(Cc1ccccc1)C(=O)O)Cc1ccccc1. The highest BCUT2D eigenvalue weighted by Crippen LogP contribution is 2.11. The Morgan fingerprint density at radius 1 is 0.720 bits per heavy atom. The van der Waals surface area contributed by atoms with Crippen molar-refractivity contribution in [3.05, 3.63) is 95.5 Å². The summed E-state index contributed by atoms with van der Waals surface area (Å²) < 4.78 is 5.14. The van der Waals surface area contributed by atoms with Crippen molar-refractivity contribution in [2.45, 2.75) is 12.8 Å². The van der Waals surface area contributed by atoms with Gasteiger partial charge in [-0.05, 0) is 11.1 Å². The molecule has 25 heavy (non-hydrogen) atoms. The summed E-state index contributed by atoms with van der Waals surface area (Å²) >= 11 is 0. The van der Waals surface area contributed by atoms with Crippen LogP contribution in [0.25, 0.3) is 0 Å². The van der Waals surface area contributed by atoms with Crippen molar-refractivity contribution in [1.82, 2.24) is 0 Å². The second kappa shape index (κ2) is 9.08. The molecule has 2 N–H and O–H groups in total. The molecule has 0 aliphatic carbocycles. The molecule has 5 heteroatoms. The summed E-state index contributed by atoms with van der Waals surface area (Å²) in [5, 5.41) is 18.5. The van der Waals surface area contributed by atoms with E-state index in [1.807, 2.05) is 60.7 Å². The molecule has 0 fully saturated rings. The first-order valence-corrected chi connectivity index (χ1v) is 7.64. The first-order valence-electron chi connectivity index (χ1n) is 7.64. The van der Waals surface area contributed by atoms with Crippen molar-refractivity contribution in [2.75, 3.05) is 0 Å². The van der Waals surface area contributed by atoms with Gasteiger partial charge >= 0.3 is 11.9 Å². The zero-order valence-corrected chi connectivity index (χ0v) is 13.5. The Hall–Kier alpha value is -3.34. The van der Waals surface area contributed by atoms with E-state index in [2.05, 4.69) is 0 Å². The van der Waals surface area contributed by atoms with Crippen LogP contribution in [0.2, 0.25) is 0 Å².